The smallest absolute Gasteiger partial charge is 0.306 e. The SMILES string of the molecule is CCOC(=O)CCc1c(F)cc(F)cc1[C@@H](CC)OC[C@H](O)CN1CCC[C@H]1Cc1ccc(C)c(Cl)c1. The lowest BCUT2D eigenvalue weighted by atomic mass is 9.96. The molecule has 1 aliphatic rings. The van der Waals surface area contributed by atoms with Crippen LogP contribution in [0.3, 0.4) is 0 Å². The Bertz CT molecular complexity index is 1050. The lowest BCUT2D eigenvalue weighted by Gasteiger charge is -2.28. The highest BCUT2D eigenvalue weighted by molar-refractivity contribution is 6.31. The summed E-state index contributed by atoms with van der Waals surface area (Å²) in [5, 5.41) is 11.5. The Morgan fingerprint density at radius 2 is 2.03 bits per heavy atom. The van der Waals surface area contributed by atoms with E-state index >= 15 is 0 Å². The van der Waals surface area contributed by atoms with Crippen LogP contribution in [-0.4, -0.2) is 54.4 Å². The molecule has 1 N–H and O–H groups in total. The van der Waals surface area contributed by atoms with Crippen molar-refractivity contribution in [2.45, 2.75) is 77.5 Å². The maximum absolute atomic E-state index is 14.7. The van der Waals surface area contributed by atoms with Gasteiger partial charge in [0, 0.05) is 30.1 Å². The Hall–Kier alpha value is -2.06. The molecule has 0 radical (unpaired) electrons. The van der Waals surface area contributed by atoms with Gasteiger partial charge < -0.3 is 14.6 Å². The Kier molecular flexibility index (Phi) is 11.3. The number of carbonyl (C=O) groups excluding carboxylic acids is 1. The van der Waals surface area contributed by atoms with Gasteiger partial charge in [0.05, 0.1) is 25.4 Å². The summed E-state index contributed by atoms with van der Waals surface area (Å²) in [5.74, 6) is -1.85. The van der Waals surface area contributed by atoms with Crippen molar-refractivity contribution in [3.8, 4) is 0 Å². The molecule has 5 nitrogen and oxygen atoms in total. The lowest BCUT2D eigenvalue weighted by molar-refractivity contribution is -0.143. The molecule has 37 heavy (non-hydrogen) atoms. The van der Waals surface area contributed by atoms with Crippen molar-refractivity contribution in [2.24, 2.45) is 0 Å². The van der Waals surface area contributed by atoms with Crippen LogP contribution in [0.15, 0.2) is 30.3 Å². The molecule has 1 fully saturated rings. The number of nitrogens with zero attached hydrogens (tertiary/aromatic N) is 1. The van der Waals surface area contributed by atoms with Crippen molar-refractivity contribution in [3.05, 3.63) is 69.2 Å². The van der Waals surface area contributed by atoms with Crippen molar-refractivity contribution >= 4 is 17.6 Å². The van der Waals surface area contributed by atoms with Crippen LogP contribution >= 0.6 is 11.6 Å². The molecule has 3 rings (SSSR count). The van der Waals surface area contributed by atoms with Gasteiger partial charge in [0.2, 0.25) is 0 Å². The van der Waals surface area contributed by atoms with Gasteiger partial charge in [-0.1, -0.05) is 30.7 Å². The van der Waals surface area contributed by atoms with Gasteiger partial charge in [-0.15, -0.1) is 0 Å². The third-order valence-corrected chi connectivity index (χ3v) is 7.35. The molecular weight excluding hydrogens is 500 g/mol. The maximum atomic E-state index is 14.7. The average molecular weight is 538 g/mol. The number of β-amino-alcohol motifs (C(OH)–C–C–N with tert-alkyl or cyclic N) is 1. The highest BCUT2D eigenvalue weighted by Gasteiger charge is 2.27. The number of aliphatic hydroxyl groups is 1. The molecule has 2 aromatic rings. The molecular formula is C29H38ClF2NO4. The van der Waals surface area contributed by atoms with E-state index in [1.54, 1.807) is 6.92 Å². The highest BCUT2D eigenvalue weighted by Crippen LogP contribution is 2.30. The number of hydrogen-bond acceptors (Lipinski definition) is 5. The minimum absolute atomic E-state index is 0.00893. The van der Waals surface area contributed by atoms with E-state index in [1.807, 2.05) is 26.0 Å². The summed E-state index contributed by atoms with van der Waals surface area (Å²) in [6, 6.07) is 8.52. The van der Waals surface area contributed by atoms with Crippen molar-refractivity contribution in [1.82, 2.24) is 4.90 Å². The quantitative estimate of drug-likeness (QED) is 0.320. The highest BCUT2D eigenvalue weighted by atomic mass is 35.5. The number of ether oxygens (including phenoxy) is 2. The first-order valence-corrected chi connectivity index (χ1v) is 13.5. The van der Waals surface area contributed by atoms with Crippen LogP contribution in [-0.2, 0) is 27.1 Å². The van der Waals surface area contributed by atoms with Gasteiger partial charge >= 0.3 is 5.97 Å². The third kappa shape index (κ3) is 8.47. The van der Waals surface area contributed by atoms with Gasteiger partial charge in [-0.25, -0.2) is 8.78 Å². The monoisotopic (exact) mass is 537 g/mol. The zero-order valence-electron chi connectivity index (χ0n) is 21.9. The number of hydrogen-bond donors (Lipinski definition) is 1. The predicted molar refractivity (Wildman–Crippen MR) is 141 cm³/mol. The summed E-state index contributed by atoms with van der Waals surface area (Å²) in [4.78, 5) is 14.1. The number of benzene rings is 2. The second-order valence-corrected chi connectivity index (χ2v) is 10.1. The summed E-state index contributed by atoms with van der Waals surface area (Å²) < 4.78 is 39.7. The summed E-state index contributed by atoms with van der Waals surface area (Å²) in [6.07, 6.45) is 2.13. The molecule has 1 heterocycles. The summed E-state index contributed by atoms with van der Waals surface area (Å²) >= 11 is 6.29. The topological polar surface area (TPSA) is 59.0 Å². The number of rotatable bonds is 13. The van der Waals surface area contributed by atoms with Crippen molar-refractivity contribution in [2.75, 3.05) is 26.3 Å². The van der Waals surface area contributed by atoms with Gasteiger partial charge in [0.25, 0.3) is 0 Å². The fourth-order valence-electron chi connectivity index (χ4n) is 5.01. The van der Waals surface area contributed by atoms with Crippen LogP contribution in [0, 0.1) is 18.6 Å². The fraction of sp³-hybridized carbons (Fsp3) is 0.552. The van der Waals surface area contributed by atoms with Crippen molar-refractivity contribution < 1.29 is 28.2 Å². The van der Waals surface area contributed by atoms with Crippen molar-refractivity contribution in [1.29, 1.82) is 0 Å². The molecule has 0 saturated carbocycles. The Morgan fingerprint density at radius 3 is 2.73 bits per heavy atom. The average Bonchev–Trinajstić information content (AvgIpc) is 3.27. The summed E-state index contributed by atoms with van der Waals surface area (Å²) in [7, 11) is 0. The van der Waals surface area contributed by atoms with E-state index in [-0.39, 0.29) is 31.6 Å². The van der Waals surface area contributed by atoms with E-state index in [9.17, 15) is 18.7 Å². The maximum Gasteiger partial charge on any atom is 0.306 e. The molecule has 2 aromatic carbocycles. The summed E-state index contributed by atoms with van der Waals surface area (Å²) in [5.41, 5.74) is 2.83. The zero-order chi connectivity index (χ0) is 26.9. The van der Waals surface area contributed by atoms with E-state index in [0.717, 1.165) is 42.5 Å². The largest absolute Gasteiger partial charge is 0.466 e. The molecule has 204 valence electrons. The molecule has 0 aliphatic carbocycles. The van der Waals surface area contributed by atoms with E-state index in [2.05, 4.69) is 11.0 Å². The first-order chi connectivity index (χ1) is 17.7. The standard InChI is InChI=1S/C29H38ClF2NO4/c1-4-28(25-15-21(31)16-27(32)24(25)10-11-29(35)36-5-2)37-18-23(34)17-33-12-6-7-22(33)13-20-9-8-19(3)26(30)14-20/h8-9,14-16,22-23,28,34H,4-7,10-13,17-18H2,1-3H3/t22-,23+,28+/m0/s1. The minimum atomic E-state index is -0.752. The summed E-state index contributed by atoms with van der Waals surface area (Å²) in [6.45, 7) is 7.17. The van der Waals surface area contributed by atoms with E-state index < -0.39 is 29.8 Å². The molecule has 0 unspecified atom stereocenters. The van der Waals surface area contributed by atoms with E-state index in [1.165, 1.54) is 11.6 Å². The molecule has 0 bridgehead atoms. The molecule has 8 heteroatoms. The Labute approximate surface area is 223 Å². The number of carbonyl (C=O) groups is 1. The van der Waals surface area contributed by atoms with Crippen LogP contribution in [0.25, 0.3) is 0 Å². The lowest BCUT2D eigenvalue weighted by Crippen LogP contribution is -2.39. The number of halogens is 3. The van der Waals surface area contributed by atoms with Crippen LogP contribution in [0.2, 0.25) is 5.02 Å². The molecule has 0 aromatic heterocycles. The van der Waals surface area contributed by atoms with E-state index in [0.29, 0.717) is 24.6 Å². The first kappa shape index (κ1) is 29.5. The van der Waals surface area contributed by atoms with Gasteiger partial charge in [-0.2, -0.15) is 0 Å². The first-order valence-electron chi connectivity index (χ1n) is 13.1. The molecule has 0 spiro atoms. The van der Waals surface area contributed by atoms with Gasteiger partial charge in [0.15, 0.2) is 0 Å². The Morgan fingerprint density at radius 1 is 1.24 bits per heavy atom. The number of likely N-dealkylation sites (tertiary alicyclic amines) is 1. The predicted octanol–water partition coefficient (Wildman–Crippen LogP) is 5.96. The second kappa shape index (κ2) is 14.2. The number of aliphatic hydroxyl groups excluding tert-OH is 1. The van der Waals surface area contributed by atoms with Crippen LogP contribution < -0.4 is 0 Å². The van der Waals surface area contributed by atoms with Crippen LogP contribution in [0.4, 0.5) is 8.78 Å². The normalized spacial score (nSPS) is 17.6. The number of esters is 1. The third-order valence-electron chi connectivity index (χ3n) is 6.94. The second-order valence-electron chi connectivity index (χ2n) is 9.72. The van der Waals surface area contributed by atoms with Gasteiger partial charge in [-0.3, -0.25) is 9.69 Å². The Balaban J connectivity index is 1.61. The van der Waals surface area contributed by atoms with Gasteiger partial charge in [0.1, 0.15) is 11.6 Å². The van der Waals surface area contributed by atoms with Gasteiger partial charge in [-0.05, 0) is 86.9 Å². The molecule has 1 aliphatic heterocycles. The fourth-order valence-corrected chi connectivity index (χ4v) is 5.22. The van der Waals surface area contributed by atoms with Crippen LogP contribution in [0.5, 0.6) is 0 Å². The molecule has 1 saturated heterocycles. The van der Waals surface area contributed by atoms with E-state index in [4.69, 9.17) is 21.1 Å². The molecule has 0 amide bonds. The van der Waals surface area contributed by atoms with Crippen molar-refractivity contribution in [3.63, 3.8) is 0 Å². The number of aryl methyl sites for hydroxylation is 1. The molecule has 3 atom stereocenters. The van der Waals surface area contributed by atoms with Crippen LogP contribution in [0.1, 0.15) is 67.9 Å². The minimum Gasteiger partial charge on any atom is -0.466 e. The zero-order valence-corrected chi connectivity index (χ0v) is 22.7.